The molecule has 0 spiro atoms. The number of nitrogens with zero attached hydrogens (tertiary/aromatic N) is 1. The standard InChI is InChI=1S/C59H43N/c1-59(2)57-38-51(45-18-16-44(17-19-45)49-22-20-41-12-6-8-14-47(41)36-49)28-34-55(57)56-35-33-54(39-58(56)59)60(52-29-24-43(25-30-52)40-10-4-3-5-11-40)53-31-26-46(27-32-53)50-23-21-42-13-7-9-15-48(42)37-50/h3-39H,1-2H3. The van der Waals surface area contributed by atoms with Crippen LogP contribution in [0.4, 0.5) is 17.1 Å². The smallest absolute Gasteiger partial charge is 0.0465 e. The topological polar surface area (TPSA) is 3.24 Å². The van der Waals surface area contributed by atoms with Crippen molar-refractivity contribution in [1.29, 1.82) is 0 Å². The first-order valence-electron chi connectivity index (χ1n) is 20.9. The number of anilines is 3. The minimum Gasteiger partial charge on any atom is -0.310 e. The van der Waals surface area contributed by atoms with E-state index in [1.807, 2.05) is 0 Å². The molecule has 60 heavy (non-hydrogen) atoms. The van der Waals surface area contributed by atoms with Crippen molar-refractivity contribution in [1.82, 2.24) is 0 Å². The number of benzene rings is 10. The zero-order chi connectivity index (χ0) is 40.2. The molecular formula is C59H43N. The molecule has 0 unspecified atom stereocenters. The van der Waals surface area contributed by atoms with Crippen LogP contribution in [-0.2, 0) is 5.41 Å². The van der Waals surface area contributed by atoms with E-state index in [1.165, 1.54) is 88.3 Å². The largest absolute Gasteiger partial charge is 0.310 e. The molecule has 10 aromatic carbocycles. The molecule has 0 radical (unpaired) electrons. The van der Waals surface area contributed by atoms with E-state index in [0.29, 0.717) is 0 Å². The molecule has 0 amide bonds. The van der Waals surface area contributed by atoms with Crippen molar-refractivity contribution < 1.29 is 0 Å². The Balaban J connectivity index is 0.939. The first kappa shape index (κ1) is 35.7. The molecule has 0 aliphatic heterocycles. The fourth-order valence-corrected chi connectivity index (χ4v) is 9.32. The molecule has 10 aromatic rings. The van der Waals surface area contributed by atoms with Gasteiger partial charge in [0.05, 0.1) is 0 Å². The predicted octanol–water partition coefficient (Wildman–Crippen LogP) is 16.4. The second-order valence-corrected chi connectivity index (χ2v) is 16.6. The van der Waals surface area contributed by atoms with Gasteiger partial charge in [-0.2, -0.15) is 0 Å². The molecule has 1 nitrogen and oxygen atoms in total. The van der Waals surface area contributed by atoms with Gasteiger partial charge in [-0.25, -0.2) is 0 Å². The third-order valence-corrected chi connectivity index (χ3v) is 12.7. The Morgan fingerprint density at radius 2 is 0.617 bits per heavy atom. The van der Waals surface area contributed by atoms with Crippen molar-refractivity contribution in [3.63, 3.8) is 0 Å². The van der Waals surface area contributed by atoms with Gasteiger partial charge in [0, 0.05) is 22.5 Å². The minimum absolute atomic E-state index is 0.190. The fourth-order valence-electron chi connectivity index (χ4n) is 9.32. The van der Waals surface area contributed by atoms with E-state index in [-0.39, 0.29) is 5.41 Å². The van der Waals surface area contributed by atoms with E-state index in [1.54, 1.807) is 0 Å². The lowest BCUT2D eigenvalue weighted by Crippen LogP contribution is -2.16. The van der Waals surface area contributed by atoms with Gasteiger partial charge in [-0.3, -0.25) is 0 Å². The molecule has 0 atom stereocenters. The molecule has 1 aliphatic carbocycles. The number of hydrogen-bond acceptors (Lipinski definition) is 1. The first-order chi connectivity index (χ1) is 29.5. The Morgan fingerprint density at radius 3 is 1.15 bits per heavy atom. The lowest BCUT2D eigenvalue weighted by molar-refractivity contribution is 0.660. The third kappa shape index (κ3) is 6.27. The van der Waals surface area contributed by atoms with Crippen molar-refractivity contribution in [3.8, 4) is 55.6 Å². The van der Waals surface area contributed by atoms with E-state index < -0.39 is 0 Å². The summed E-state index contributed by atoms with van der Waals surface area (Å²) in [5.41, 5.74) is 18.3. The van der Waals surface area contributed by atoms with Crippen molar-refractivity contribution in [2.24, 2.45) is 0 Å². The summed E-state index contributed by atoms with van der Waals surface area (Å²) in [7, 11) is 0. The fraction of sp³-hybridized carbons (Fsp3) is 0.0508. The van der Waals surface area contributed by atoms with Crippen LogP contribution in [0.2, 0.25) is 0 Å². The average molecular weight is 766 g/mol. The van der Waals surface area contributed by atoms with Gasteiger partial charge in [0.1, 0.15) is 0 Å². The van der Waals surface area contributed by atoms with Crippen LogP contribution in [0.25, 0.3) is 77.2 Å². The van der Waals surface area contributed by atoms with E-state index in [9.17, 15) is 0 Å². The highest BCUT2D eigenvalue weighted by molar-refractivity contribution is 5.91. The molecule has 1 aliphatic rings. The van der Waals surface area contributed by atoms with Crippen LogP contribution < -0.4 is 4.90 Å². The highest BCUT2D eigenvalue weighted by Crippen LogP contribution is 2.52. The number of fused-ring (bicyclic) bond motifs is 5. The molecule has 0 heterocycles. The molecule has 0 saturated carbocycles. The van der Waals surface area contributed by atoms with Gasteiger partial charge < -0.3 is 4.90 Å². The monoisotopic (exact) mass is 765 g/mol. The van der Waals surface area contributed by atoms with Crippen LogP contribution in [0.3, 0.4) is 0 Å². The summed E-state index contributed by atoms with van der Waals surface area (Å²) >= 11 is 0. The maximum Gasteiger partial charge on any atom is 0.0465 e. The van der Waals surface area contributed by atoms with Gasteiger partial charge in [0.2, 0.25) is 0 Å². The van der Waals surface area contributed by atoms with Crippen molar-refractivity contribution in [2.75, 3.05) is 4.90 Å². The van der Waals surface area contributed by atoms with Gasteiger partial charge in [0.25, 0.3) is 0 Å². The number of hydrogen-bond donors (Lipinski definition) is 0. The first-order valence-corrected chi connectivity index (χ1v) is 20.9. The molecular weight excluding hydrogens is 723 g/mol. The molecule has 1 heteroatoms. The van der Waals surface area contributed by atoms with Crippen LogP contribution in [-0.4, -0.2) is 0 Å². The quantitative estimate of drug-likeness (QED) is 0.156. The summed E-state index contributed by atoms with van der Waals surface area (Å²) in [5, 5.41) is 5.04. The van der Waals surface area contributed by atoms with Crippen molar-refractivity contribution >= 4 is 38.6 Å². The van der Waals surface area contributed by atoms with Gasteiger partial charge in [0.15, 0.2) is 0 Å². The molecule has 0 saturated heterocycles. The molecule has 284 valence electrons. The Morgan fingerprint density at radius 1 is 0.267 bits per heavy atom. The van der Waals surface area contributed by atoms with Crippen LogP contribution in [0.5, 0.6) is 0 Å². The van der Waals surface area contributed by atoms with Gasteiger partial charge in [-0.05, 0) is 143 Å². The highest BCUT2D eigenvalue weighted by atomic mass is 15.1. The second kappa shape index (κ2) is 14.4. The summed E-state index contributed by atoms with van der Waals surface area (Å²) < 4.78 is 0. The molecule has 0 N–H and O–H groups in total. The van der Waals surface area contributed by atoms with E-state index >= 15 is 0 Å². The third-order valence-electron chi connectivity index (χ3n) is 12.7. The highest BCUT2D eigenvalue weighted by Gasteiger charge is 2.36. The summed E-state index contributed by atoms with van der Waals surface area (Å²) in [5.74, 6) is 0. The Labute approximate surface area is 352 Å². The number of rotatable bonds is 7. The molecule has 11 rings (SSSR count). The Hall–Kier alpha value is -7.48. The molecule has 0 fully saturated rings. The van der Waals surface area contributed by atoms with Crippen LogP contribution in [0.15, 0.2) is 224 Å². The van der Waals surface area contributed by atoms with Crippen LogP contribution in [0, 0.1) is 0 Å². The van der Waals surface area contributed by atoms with E-state index in [0.717, 1.165) is 17.1 Å². The van der Waals surface area contributed by atoms with Crippen LogP contribution >= 0.6 is 0 Å². The molecule has 0 bridgehead atoms. The Bertz CT molecular complexity index is 3190. The van der Waals surface area contributed by atoms with Crippen LogP contribution in [0.1, 0.15) is 25.0 Å². The normalized spacial score (nSPS) is 12.6. The maximum absolute atomic E-state index is 2.43. The summed E-state index contributed by atoms with van der Waals surface area (Å²) in [6.45, 7) is 4.76. The predicted molar refractivity (Wildman–Crippen MR) is 255 cm³/mol. The second-order valence-electron chi connectivity index (χ2n) is 16.6. The zero-order valence-electron chi connectivity index (χ0n) is 33.8. The average Bonchev–Trinajstić information content (AvgIpc) is 3.54. The molecule has 0 aromatic heterocycles. The van der Waals surface area contributed by atoms with Gasteiger partial charge >= 0.3 is 0 Å². The lowest BCUT2D eigenvalue weighted by Gasteiger charge is -2.28. The lowest BCUT2D eigenvalue weighted by atomic mass is 9.81. The van der Waals surface area contributed by atoms with Crippen molar-refractivity contribution in [2.45, 2.75) is 19.3 Å². The Kier molecular flexibility index (Phi) is 8.57. The summed E-state index contributed by atoms with van der Waals surface area (Å²) in [6, 6.07) is 82.4. The summed E-state index contributed by atoms with van der Waals surface area (Å²) in [6.07, 6.45) is 0. The summed E-state index contributed by atoms with van der Waals surface area (Å²) in [4.78, 5) is 2.40. The van der Waals surface area contributed by atoms with E-state index in [2.05, 4.69) is 243 Å². The van der Waals surface area contributed by atoms with Gasteiger partial charge in [-0.1, -0.05) is 184 Å². The minimum atomic E-state index is -0.190. The zero-order valence-corrected chi connectivity index (χ0v) is 33.8. The van der Waals surface area contributed by atoms with E-state index in [4.69, 9.17) is 0 Å². The maximum atomic E-state index is 2.43. The van der Waals surface area contributed by atoms with Crippen molar-refractivity contribution in [3.05, 3.63) is 236 Å². The SMILES string of the molecule is CC1(C)c2cc(-c3ccc(-c4ccc5ccccc5c4)cc3)ccc2-c2ccc(N(c3ccc(-c4ccccc4)cc3)c3ccc(-c4ccc5ccccc5c4)cc3)cc21. The van der Waals surface area contributed by atoms with Gasteiger partial charge in [-0.15, -0.1) is 0 Å².